The zero-order chi connectivity index (χ0) is 21.7. The molecule has 8 nitrogen and oxygen atoms in total. The first-order valence-corrected chi connectivity index (χ1v) is 11.6. The molecule has 30 heavy (non-hydrogen) atoms. The van der Waals surface area contributed by atoms with Crippen LogP contribution < -0.4 is 14.8 Å². The van der Waals surface area contributed by atoms with Crippen LogP contribution in [0, 0.1) is 0 Å². The Hall–Kier alpha value is -2.95. The van der Waals surface area contributed by atoms with Gasteiger partial charge in [0, 0.05) is 29.5 Å². The minimum Gasteiger partial charge on any atom is -0.488 e. The van der Waals surface area contributed by atoms with Gasteiger partial charge in [-0.15, -0.1) is 11.3 Å². The number of carbonyl (C=O) groups excluding carboxylic acids is 1. The molecule has 0 saturated heterocycles. The fourth-order valence-corrected chi connectivity index (χ4v) is 3.60. The molecule has 0 unspecified atom stereocenters. The molecule has 2 N–H and O–H groups in total. The van der Waals surface area contributed by atoms with E-state index in [1.807, 2.05) is 0 Å². The van der Waals surface area contributed by atoms with Gasteiger partial charge in [-0.25, -0.2) is 13.4 Å². The van der Waals surface area contributed by atoms with Crippen LogP contribution in [0.5, 0.6) is 17.2 Å². The molecule has 0 spiro atoms. The topological polar surface area (TPSA) is 115 Å². The molecule has 0 aliphatic heterocycles. The smallest absolute Gasteiger partial charge is 0.257 e. The molecule has 0 radical (unpaired) electrons. The number of hydrogen-bond acceptors (Lipinski definition) is 8. The summed E-state index contributed by atoms with van der Waals surface area (Å²) >= 11 is 1.29. The second kappa shape index (κ2) is 9.24. The van der Waals surface area contributed by atoms with Crippen molar-refractivity contribution >= 4 is 32.2 Å². The highest BCUT2D eigenvalue weighted by molar-refractivity contribution is 7.90. The van der Waals surface area contributed by atoms with Gasteiger partial charge in [0.25, 0.3) is 5.91 Å². The average molecular weight is 449 g/mol. The molecular formula is C20H20N2O6S2. The zero-order valence-corrected chi connectivity index (χ0v) is 17.9. The number of amides is 1. The van der Waals surface area contributed by atoms with Crippen LogP contribution in [0.2, 0.25) is 0 Å². The van der Waals surface area contributed by atoms with Gasteiger partial charge in [0.05, 0.1) is 11.5 Å². The SMILES string of the molecule is C[C@@H](CO)Oc1cc(Oc2ccc(S(C)(=O)=O)cc2)cc(C(=O)Nc2nccs2)c1. The van der Waals surface area contributed by atoms with Crippen molar-refractivity contribution in [3.63, 3.8) is 0 Å². The van der Waals surface area contributed by atoms with Crippen LogP contribution in [0.1, 0.15) is 17.3 Å². The monoisotopic (exact) mass is 448 g/mol. The third-order valence-corrected chi connectivity index (χ3v) is 5.69. The van der Waals surface area contributed by atoms with Gasteiger partial charge in [0.1, 0.15) is 23.4 Å². The lowest BCUT2D eigenvalue weighted by molar-refractivity contribution is 0.102. The van der Waals surface area contributed by atoms with E-state index in [-0.39, 0.29) is 17.1 Å². The summed E-state index contributed by atoms with van der Waals surface area (Å²) in [6, 6.07) is 10.6. The lowest BCUT2D eigenvalue weighted by Gasteiger charge is -2.15. The molecule has 0 bridgehead atoms. The molecule has 3 rings (SSSR count). The molecule has 2 aromatic carbocycles. The van der Waals surface area contributed by atoms with Crippen LogP contribution >= 0.6 is 11.3 Å². The first kappa shape index (κ1) is 21.8. The van der Waals surface area contributed by atoms with Gasteiger partial charge in [0.2, 0.25) is 0 Å². The second-order valence-electron chi connectivity index (χ2n) is 6.44. The largest absolute Gasteiger partial charge is 0.488 e. The van der Waals surface area contributed by atoms with Gasteiger partial charge < -0.3 is 14.6 Å². The van der Waals surface area contributed by atoms with Crippen molar-refractivity contribution in [2.45, 2.75) is 17.9 Å². The zero-order valence-electron chi connectivity index (χ0n) is 16.2. The van der Waals surface area contributed by atoms with Crippen molar-refractivity contribution in [3.05, 3.63) is 59.6 Å². The number of sulfone groups is 1. The van der Waals surface area contributed by atoms with Crippen molar-refractivity contribution in [1.82, 2.24) is 4.98 Å². The van der Waals surface area contributed by atoms with Gasteiger partial charge in [-0.3, -0.25) is 10.1 Å². The molecule has 0 aliphatic rings. The normalized spacial score (nSPS) is 12.2. The number of thiazole rings is 1. The molecule has 0 aliphatic carbocycles. The average Bonchev–Trinajstić information content (AvgIpc) is 3.20. The third kappa shape index (κ3) is 5.78. The summed E-state index contributed by atoms with van der Waals surface area (Å²) < 4.78 is 34.6. The summed E-state index contributed by atoms with van der Waals surface area (Å²) in [5.74, 6) is 0.644. The van der Waals surface area contributed by atoms with E-state index in [0.29, 0.717) is 22.4 Å². The number of aliphatic hydroxyl groups is 1. The highest BCUT2D eigenvalue weighted by Gasteiger charge is 2.14. The van der Waals surface area contributed by atoms with Crippen LogP contribution in [0.25, 0.3) is 0 Å². The molecule has 1 heterocycles. The molecular weight excluding hydrogens is 428 g/mol. The van der Waals surface area contributed by atoms with Crippen molar-refractivity contribution in [3.8, 4) is 17.2 Å². The summed E-state index contributed by atoms with van der Waals surface area (Å²) in [6.07, 6.45) is 2.22. The molecule has 158 valence electrons. The minimum atomic E-state index is -3.32. The number of aromatic nitrogens is 1. The summed E-state index contributed by atoms with van der Waals surface area (Å²) in [4.78, 5) is 16.8. The number of nitrogens with zero attached hydrogens (tertiary/aromatic N) is 1. The summed E-state index contributed by atoms with van der Waals surface area (Å²) in [6.45, 7) is 1.49. The van der Waals surface area contributed by atoms with Crippen LogP contribution in [-0.2, 0) is 9.84 Å². The van der Waals surface area contributed by atoms with Gasteiger partial charge >= 0.3 is 0 Å². The number of benzene rings is 2. The van der Waals surface area contributed by atoms with E-state index < -0.39 is 21.8 Å². The fraction of sp³-hybridized carbons (Fsp3) is 0.200. The Morgan fingerprint density at radius 2 is 1.87 bits per heavy atom. The molecule has 10 heteroatoms. The quantitative estimate of drug-likeness (QED) is 0.543. The van der Waals surface area contributed by atoms with E-state index in [1.165, 1.54) is 47.7 Å². The first-order chi connectivity index (χ1) is 14.2. The number of aliphatic hydroxyl groups excluding tert-OH is 1. The van der Waals surface area contributed by atoms with E-state index in [1.54, 1.807) is 24.6 Å². The van der Waals surface area contributed by atoms with Crippen molar-refractivity contribution in [2.24, 2.45) is 0 Å². The maximum Gasteiger partial charge on any atom is 0.257 e. The number of hydrogen-bond donors (Lipinski definition) is 2. The van der Waals surface area contributed by atoms with Crippen molar-refractivity contribution in [1.29, 1.82) is 0 Å². The predicted molar refractivity (Wildman–Crippen MR) is 113 cm³/mol. The Morgan fingerprint density at radius 3 is 2.47 bits per heavy atom. The highest BCUT2D eigenvalue weighted by Crippen LogP contribution is 2.29. The van der Waals surface area contributed by atoms with E-state index in [9.17, 15) is 18.3 Å². The van der Waals surface area contributed by atoms with E-state index in [0.717, 1.165) is 6.26 Å². The van der Waals surface area contributed by atoms with Crippen LogP contribution in [-0.4, -0.2) is 43.4 Å². The highest BCUT2D eigenvalue weighted by atomic mass is 32.2. The predicted octanol–water partition coefficient (Wildman–Crippen LogP) is 3.35. The Labute approximate surface area is 178 Å². The van der Waals surface area contributed by atoms with E-state index in [4.69, 9.17) is 9.47 Å². The maximum atomic E-state index is 12.6. The summed E-state index contributed by atoms with van der Waals surface area (Å²) in [5.41, 5.74) is 0.274. The Kier molecular flexibility index (Phi) is 6.70. The number of carbonyl (C=O) groups is 1. The molecule has 0 fully saturated rings. The first-order valence-electron chi connectivity index (χ1n) is 8.86. The van der Waals surface area contributed by atoms with Gasteiger partial charge in [-0.1, -0.05) is 0 Å². The Morgan fingerprint density at radius 1 is 1.17 bits per heavy atom. The lowest BCUT2D eigenvalue weighted by atomic mass is 10.2. The van der Waals surface area contributed by atoms with Gasteiger partial charge in [-0.05, 0) is 43.3 Å². The van der Waals surface area contributed by atoms with E-state index >= 15 is 0 Å². The Bertz CT molecular complexity index is 1110. The number of nitrogens with one attached hydrogen (secondary N) is 1. The standard InChI is InChI=1S/C20H20N2O6S2/c1-13(12-23)27-16-9-14(19(24)22-20-21-7-8-29-20)10-17(11-16)28-15-3-5-18(6-4-15)30(2,25)26/h3-11,13,23H,12H2,1-2H3,(H,21,22,24)/t13-/m0/s1. The fourth-order valence-electron chi connectivity index (χ4n) is 2.44. The molecule has 1 aromatic heterocycles. The number of ether oxygens (including phenoxy) is 2. The third-order valence-electron chi connectivity index (χ3n) is 3.88. The summed E-state index contributed by atoms with van der Waals surface area (Å²) in [5, 5.41) is 14.1. The Balaban J connectivity index is 1.88. The van der Waals surface area contributed by atoms with Gasteiger partial charge in [0.15, 0.2) is 15.0 Å². The lowest BCUT2D eigenvalue weighted by Crippen LogP contribution is -2.17. The van der Waals surface area contributed by atoms with Crippen LogP contribution in [0.4, 0.5) is 5.13 Å². The van der Waals surface area contributed by atoms with Crippen LogP contribution in [0.3, 0.4) is 0 Å². The van der Waals surface area contributed by atoms with Crippen molar-refractivity contribution in [2.75, 3.05) is 18.2 Å². The van der Waals surface area contributed by atoms with Crippen LogP contribution in [0.15, 0.2) is 58.9 Å². The second-order valence-corrected chi connectivity index (χ2v) is 9.35. The molecule has 0 saturated carbocycles. The molecule has 1 amide bonds. The minimum absolute atomic E-state index is 0.173. The van der Waals surface area contributed by atoms with E-state index in [2.05, 4.69) is 10.3 Å². The van der Waals surface area contributed by atoms with Crippen molar-refractivity contribution < 1.29 is 27.8 Å². The number of anilines is 1. The maximum absolute atomic E-state index is 12.6. The summed E-state index contributed by atoms with van der Waals surface area (Å²) in [7, 11) is -3.32. The molecule has 3 aromatic rings. The number of rotatable bonds is 8. The molecule has 1 atom stereocenters. The van der Waals surface area contributed by atoms with Gasteiger partial charge in [-0.2, -0.15) is 0 Å².